The van der Waals surface area contributed by atoms with Crippen LogP contribution in [0.1, 0.15) is 31.2 Å². The van der Waals surface area contributed by atoms with E-state index < -0.39 is 0 Å². The van der Waals surface area contributed by atoms with Gasteiger partial charge in [0.25, 0.3) is 5.91 Å². The first-order chi connectivity index (χ1) is 13.9. The van der Waals surface area contributed by atoms with Gasteiger partial charge in [-0.3, -0.25) is 9.59 Å². The quantitative estimate of drug-likeness (QED) is 0.726. The molecule has 0 radical (unpaired) electrons. The monoisotopic (exact) mass is 404 g/mol. The van der Waals surface area contributed by atoms with E-state index in [2.05, 4.69) is 0 Å². The summed E-state index contributed by atoms with van der Waals surface area (Å²) >= 11 is 0. The molecule has 1 aromatic rings. The zero-order valence-electron chi connectivity index (χ0n) is 17.7. The third-order valence-electron chi connectivity index (χ3n) is 5.77. The topological polar surface area (TPSA) is 68.3 Å². The van der Waals surface area contributed by atoms with E-state index in [1.165, 1.54) is 4.90 Å². The van der Waals surface area contributed by atoms with Gasteiger partial charge in [-0.25, -0.2) is 0 Å². The van der Waals surface area contributed by atoms with Crippen molar-refractivity contribution in [1.29, 1.82) is 0 Å². The summed E-state index contributed by atoms with van der Waals surface area (Å²) in [6.45, 7) is 4.09. The summed E-state index contributed by atoms with van der Waals surface area (Å²) in [5.41, 5.74) is 0.853. The van der Waals surface area contributed by atoms with Gasteiger partial charge in [0.15, 0.2) is 6.61 Å². The van der Waals surface area contributed by atoms with Gasteiger partial charge in [0.05, 0.1) is 11.7 Å². The van der Waals surface area contributed by atoms with Crippen LogP contribution >= 0.6 is 0 Å². The van der Waals surface area contributed by atoms with E-state index in [1.54, 1.807) is 14.1 Å². The van der Waals surface area contributed by atoms with Gasteiger partial charge in [-0.1, -0.05) is 12.1 Å². The standard InChI is InChI=1S/C22H32N2O5/c1-17-5-4-6-18(13-17)27-16-21(26)24-10-8-22(9-11-24)14-19(7-12-29-22)28-15-20(25)23(2)3/h4-6,13,19H,7-12,14-16H2,1-3H3. The zero-order chi connectivity index (χ0) is 20.9. The highest BCUT2D eigenvalue weighted by Crippen LogP contribution is 2.36. The van der Waals surface area contributed by atoms with Crippen LogP contribution in [0.3, 0.4) is 0 Å². The van der Waals surface area contributed by atoms with Gasteiger partial charge in [-0.05, 0) is 43.9 Å². The molecule has 2 heterocycles. The van der Waals surface area contributed by atoms with Gasteiger partial charge in [0.2, 0.25) is 5.91 Å². The maximum atomic E-state index is 12.5. The molecule has 1 atom stereocenters. The lowest BCUT2D eigenvalue weighted by Crippen LogP contribution is -2.52. The lowest BCUT2D eigenvalue weighted by molar-refractivity contribution is -0.166. The summed E-state index contributed by atoms with van der Waals surface area (Å²) in [5, 5.41) is 0. The number of rotatable bonds is 6. The van der Waals surface area contributed by atoms with E-state index in [1.807, 2.05) is 36.1 Å². The second kappa shape index (κ2) is 9.59. The van der Waals surface area contributed by atoms with Crippen molar-refractivity contribution in [3.63, 3.8) is 0 Å². The first kappa shape index (κ1) is 21.6. The Hall–Kier alpha value is -2.12. The molecule has 160 valence electrons. The molecule has 0 N–H and O–H groups in total. The van der Waals surface area contributed by atoms with Crippen molar-refractivity contribution < 1.29 is 23.8 Å². The minimum Gasteiger partial charge on any atom is -0.484 e. The van der Waals surface area contributed by atoms with Crippen LogP contribution in [0.4, 0.5) is 0 Å². The van der Waals surface area contributed by atoms with Crippen LogP contribution in [0.2, 0.25) is 0 Å². The number of benzene rings is 1. The van der Waals surface area contributed by atoms with E-state index >= 15 is 0 Å². The van der Waals surface area contributed by atoms with Crippen molar-refractivity contribution in [2.75, 3.05) is 47.0 Å². The Morgan fingerprint density at radius 3 is 2.69 bits per heavy atom. The number of hydrogen-bond donors (Lipinski definition) is 0. The molecule has 2 aliphatic heterocycles. The molecule has 2 amide bonds. The van der Waals surface area contributed by atoms with Gasteiger partial charge in [-0.15, -0.1) is 0 Å². The van der Waals surface area contributed by atoms with Crippen LogP contribution in [0.25, 0.3) is 0 Å². The molecule has 0 saturated carbocycles. The van der Waals surface area contributed by atoms with Crippen molar-refractivity contribution >= 4 is 11.8 Å². The van der Waals surface area contributed by atoms with E-state index in [9.17, 15) is 9.59 Å². The van der Waals surface area contributed by atoms with E-state index in [0.29, 0.717) is 19.7 Å². The average Bonchev–Trinajstić information content (AvgIpc) is 2.71. The lowest BCUT2D eigenvalue weighted by atomic mass is 9.83. The number of ether oxygens (including phenoxy) is 3. The fraction of sp³-hybridized carbons (Fsp3) is 0.636. The summed E-state index contributed by atoms with van der Waals surface area (Å²) in [5.74, 6) is 0.691. The second-order valence-electron chi connectivity index (χ2n) is 8.23. The van der Waals surface area contributed by atoms with Crippen LogP contribution in [0.15, 0.2) is 24.3 Å². The Labute approximate surface area is 172 Å². The molecule has 2 saturated heterocycles. The second-order valence-corrected chi connectivity index (χ2v) is 8.23. The third-order valence-corrected chi connectivity index (χ3v) is 5.77. The van der Waals surface area contributed by atoms with Gasteiger partial charge in [0.1, 0.15) is 12.4 Å². The summed E-state index contributed by atoms with van der Waals surface area (Å²) in [6, 6.07) is 7.71. The number of likely N-dealkylation sites (tertiary alicyclic amines) is 1. The summed E-state index contributed by atoms with van der Waals surface area (Å²) in [7, 11) is 3.46. The van der Waals surface area contributed by atoms with E-state index in [4.69, 9.17) is 14.2 Å². The predicted molar refractivity (Wildman–Crippen MR) is 109 cm³/mol. The van der Waals surface area contributed by atoms with Crippen molar-refractivity contribution in [2.45, 2.75) is 44.3 Å². The number of carbonyl (C=O) groups is 2. The van der Waals surface area contributed by atoms with Gasteiger partial charge in [-0.2, -0.15) is 0 Å². The smallest absolute Gasteiger partial charge is 0.260 e. The first-order valence-corrected chi connectivity index (χ1v) is 10.3. The maximum Gasteiger partial charge on any atom is 0.260 e. The molecule has 29 heavy (non-hydrogen) atoms. The number of aryl methyl sites for hydroxylation is 1. The van der Waals surface area contributed by atoms with Crippen LogP contribution in [-0.4, -0.2) is 80.3 Å². The number of piperidine rings is 1. The molecule has 0 aromatic heterocycles. The number of carbonyl (C=O) groups excluding carboxylic acids is 2. The van der Waals surface area contributed by atoms with E-state index in [0.717, 1.165) is 37.0 Å². The highest BCUT2D eigenvalue weighted by Gasteiger charge is 2.41. The number of nitrogens with zero attached hydrogens (tertiary/aromatic N) is 2. The molecule has 1 unspecified atom stereocenters. The molecular formula is C22H32N2O5. The average molecular weight is 405 g/mol. The number of amides is 2. The predicted octanol–water partition coefficient (Wildman–Crippen LogP) is 2.02. The Bertz CT molecular complexity index is 713. The highest BCUT2D eigenvalue weighted by atomic mass is 16.5. The van der Waals surface area contributed by atoms with Gasteiger partial charge >= 0.3 is 0 Å². The summed E-state index contributed by atoms with van der Waals surface area (Å²) in [6.07, 6.45) is 3.17. The van der Waals surface area contributed by atoms with Crippen molar-refractivity contribution in [3.8, 4) is 5.75 Å². The number of hydrogen-bond acceptors (Lipinski definition) is 5. The molecule has 7 nitrogen and oxygen atoms in total. The SMILES string of the molecule is Cc1cccc(OCC(=O)N2CCC3(CC2)CC(OCC(=O)N(C)C)CCO3)c1. The highest BCUT2D eigenvalue weighted by molar-refractivity contribution is 5.78. The van der Waals surface area contributed by atoms with Crippen LogP contribution in [-0.2, 0) is 19.1 Å². The van der Waals surface area contributed by atoms with Gasteiger partial charge in [0, 0.05) is 40.2 Å². The first-order valence-electron chi connectivity index (χ1n) is 10.3. The Balaban J connectivity index is 1.45. The maximum absolute atomic E-state index is 12.5. The third kappa shape index (κ3) is 5.93. The molecule has 2 aliphatic rings. The minimum atomic E-state index is -0.252. The lowest BCUT2D eigenvalue weighted by Gasteiger charge is -2.46. The van der Waals surface area contributed by atoms with E-state index in [-0.39, 0.29) is 36.7 Å². The fourth-order valence-corrected chi connectivity index (χ4v) is 3.90. The molecule has 3 rings (SSSR count). The van der Waals surface area contributed by atoms with Crippen molar-refractivity contribution in [1.82, 2.24) is 9.80 Å². The van der Waals surface area contributed by atoms with Crippen molar-refractivity contribution in [3.05, 3.63) is 29.8 Å². The fourth-order valence-electron chi connectivity index (χ4n) is 3.90. The van der Waals surface area contributed by atoms with Crippen molar-refractivity contribution in [2.24, 2.45) is 0 Å². The molecule has 7 heteroatoms. The van der Waals surface area contributed by atoms with Crippen LogP contribution in [0.5, 0.6) is 5.75 Å². The Morgan fingerprint density at radius 2 is 2.00 bits per heavy atom. The Kier molecular flexibility index (Phi) is 7.14. The Morgan fingerprint density at radius 1 is 1.24 bits per heavy atom. The summed E-state index contributed by atoms with van der Waals surface area (Å²) < 4.78 is 17.6. The molecule has 1 spiro atoms. The largest absolute Gasteiger partial charge is 0.484 e. The molecule has 1 aromatic carbocycles. The summed E-state index contributed by atoms with van der Waals surface area (Å²) in [4.78, 5) is 27.7. The van der Waals surface area contributed by atoms with Crippen LogP contribution < -0.4 is 4.74 Å². The molecule has 0 aliphatic carbocycles. The molecule has 2 fully saturated rings. The molecule has 0 bridgehead atoms. The normalized spacial score (nSPS) is 21.1. The van der Waals surface area contributed by atoms with Gasteiger partial charge < -0.3 is 24.0 Å². The number of likely N-dealkylation sites (N-methyl/N-ethyl adjacent to an activating group) is 1. The minimum absolute atomic E-state index is 0.00143. The molecular weight excluding hydrogens is 372 g/mol. The zero-order valence-corrected chi connectivity index (χ0v) is 17.7. The van der Waals surface area contributed by atoms with Crippen LogP contribution in [0, 0.1) is 6.92 Å².